The van der Waals surface area contributed by atoms with Crippen LogP contribution >= 0.6 is 0 Å². The molecule has 0 aromatic carbocycles. The van der Waals surface area contributed by atoms with Crippen LogP contribution in [0.1, 0.15) is 46.0 Å². The third-order valence-corrected chi connectivity index (χ3v) is 4.00. The van der Waals surface area contributed by atoms with Gasteiger partial charge in [0, 0.05) is 0 Å². The van der Waals surface area contributed by atoms with E-state index in [2.05, 4.69) is 13.8 Å². The Morgan fingerprint density at radius 3 is 1.91 bits per heavy atom. The van der Waals surface area contributed by atoms with Crippen LogP contribution in [-0.4, -0.2) is 0 Å². The van der Waals surface area contributed by atoms with Crippen LogP contribution in [0.15, 0.2) is 0 Å². The second kappa shape index (κ2) is 2.80. The molecule has 2 unspecified atom stereocenters. The van der Waals surface area contributed by atoms with E-state index in [-0.39, 0.29) is 0 Å². The highest BCUT2D eigenvalue weighted by Gasteiger charge is 2.40. The first-order valence-electron chi connectivity index (χ1n) is 5.29. The van der Waals surface area contributed by atoms with Crippen molar-refractivity contribution in [2.75, 3.05) is 0 Å². The predicted octanol–water partition coefficient (Wildman–Crippen LogP) is 3.47. The number of rotatable bonds is 1. The van der Waals surface area contributed by atoms with Gasteiger partial charge in [-0.3, -0.25) is 0 Å². The van der Waals surface area contributed by atoms with Crippen molar-refractivity contribution in [3.05, 3.63) is 0 Å². The summed E-state index contributed by atoms with van der Waals surface area (Å²) in [5, 5.41) is 0. The lowest BCUT2D eigenvalue weighted by molar-refractivity contribution is 0.0446. The summed E-state index contributed by atoms with van der Waals surface area (Å²) in [5.74, 6) is 4.33. The van der Waals surface area contributed by atoms with Gasteiger partial charge >= 0.3 is 0 Å². The van der Waals surface area contributed by atoms with Crippen molar-refractivity contribution in [2.45, 2.75) is 46.0 Å². The van der Waals surface area contributed by atoms with Gasteiger partial charge < -0.3 is 0 Å². The minimum absolute atomic E-state index is 1.05. The minimum atomic E-state index is 1.05. The molecule has 0 bridgehead atoms. The Morgan fingerprint density at radius 1 is 0.909 bits per heavy atom. The summed E-state index contributed by atoms with van der Waals surface area (Å²) < 4.78 is 0. The van der Waals surface area contributed by atoms with Crippen LogP contribution in [-0.2, 0) is 0 Å². The van der Waals surface area contributed by atoms with E-state index in [9.17, 15) is 0 Å². The van der Waals surface area contributed by atoms with Crippen LogP contribution in [0.2, 0.25) is 0 Å². The molecule has 0 spiro atoms. The fourth-order valence-corrected chi connectivity index (χ4v) is 3.54. The van der Waals surface area contributed by atoms with E-state index in [1.807, 2.05) is 0 Å². The average Bonchev–Trinajstić information content (AvgIpc) is 2.39. The quantitative estimate of drug-likeness (QED) is 0.539. The highest BCUT2D eigenvalue weighted by Crippen LogP contribution is 2.49. The Labute approximate surface area is 70.4 Å². The molecule has 0 amide bonds. The molecule has 64 valence electrons. The molecule has 0 radical (unpaired) electrons. The maximum Gasteiger partial charge on any atom is -0.0334 e. The van der Waals surface area contributed by atoms with Crippen LogP contribution in [0.25, 0.3) is 0 Å². The largest absolute Gasteiger partial charge is 0.0622 e. The Morgan fingerprint density at radius 2 is 1.45 bits per heavy atom. The summed E-state index contributed by atoms with van der Waals surface area (Å²) in [6, 6.07) is 0. The number of hydrogen-bond donors (Lipinski definition) is 0. The minimum Gasteiger partial charge on any atom is -0.0622 e. The SMILES string of the molecule is CC1CC(C)C1C1CCCC1. The topological polar surface area (TPSA) is 0 Å². The van der Waals surface area contributed by atoms with Crippen LogP contribution in [0.3, 0.4) is 0 Å². The lowest BCUT2D eigenvalue weighted by Gasteiger charge is -2.45. The van der Waals surface area contributed by atoms with Gasteiger partial charge in [-0.2, -0.15) is 0 Å². The van der Waals surface area contributed by atoms with Gasteiger partial charge in [0.2, 0.25) is 0 Å². The molecule has 0 aromatic heterocycles. The van der Waals surface area contributed by atoms with Gasteiger partial charge in [-0.05, 0) is 30.1 Å². The first-order chi connectivity index (χ1) is 5.29. The normalized spacial score (nSPS) is 45.8. The molecule has 11 heavy (non-hydrogen) atoms. The maximum atomic E-state index is 2.45. The summed E-state index contributed by atoms with van der Waals surface area (Å²) in [7, 11) is 0. The summed E-state index contributed by atoms with van der Waals surface area (Å²) >= 11 is 0. The zero-order valence-corrected chi connectivity index (χ0v) is 7.84. The van der Waals surface area contributed by atoms with Crippen LogP contribution in [0, 0.1) is 23.7 Å². The lowest BCUT2D eigenvalue weighted by Crippen LogP contribution is -2.37. The van der Waals surface area contributed by atoms with Crippen molar-refractivity contribution in [3.63, 3.8) is 0 Å². The van der Waals surface area contributed by atoms with E-state index in [0.717, 1.165) is 23.7 Å². The van der Waals surface area contributed by atoms with Gasteiger partial charge in [-0.1, -0.05) is 39.5 Å². The standard InChI is InChI=1S/C11H20/c1-8-7-9(2)11(8)10-5-3-4-6-10/h8-11H,3-7H2,1-2H3. The summed E-state index contributed by atoms with van der Waals surface area (Å²) in [5.41, 5.74) is 0. The molecule has 2 aliphatic carbocycles. The summed E-state index contributed by atoms with van der Waals surface area (Å²) in [6.45, 7) is 4.89. The molecule has 2 fully saturated rings. The molecule has 0 aliphatic heterocycles. The smallest absolute Gasteiger partial charge is 0.0334 e. The molecule has 0 N–H and O–H groups in total. The van der Waals surface area contributed by atoms with E-state index in [0.29, 0.717) is 0 Å². The van der Waals surface area contributed by atoms with Crippen LogP contribution in [0.4, 0.5) is 0 Å². The van der Waals surface area contributed by atoms with E-state index >= 15 is 0 Å². The molecule has 2 saturated carbocycles. The molecule has 2 aliphatic rings. The average molecular weight is 152 g/mol. The molecule has 0 heteroatoms. The van der Waals surface area contributed by atoms with Crippen molar-refractivity contribution >= 4 is 0 Å². The zero-order chi connectivity index (χ0) is 7.84. The second-order valence-corrected chi connectivity index (χ2v) is 4.81. The monoisotopic (exact) mass is 152 g/mol. The third kappa shape index (κ3) is 1.21. The van der Waals surface area contributed by atoms with Crippen LogP contribution < -0.4 is 0 Å². The van der Waals surface area contributed by atoms with Gasteiger partial charge in [0.1, 0.15) is 0 Å². The highest BCUT2D eigenvalue weighted by molar-refractivity contribution is 4.90. The van der Waals surface area contributed by atoms with Gasteiger partial charge in [-0.15, -0.1) is 0 Å². The van der Waals surface area contributed by atoms with Crippen molar-refractivity contribution in [2.24, 2.45) is 23.7 Å². The lowest BCUT2D eigenvalue weighted by atomic mass is 9.61. The molecular formula is C11H20. The Bertz CT molecular complexity index is 125. The van der Waals surface area contributed by atoms with E-state index in [1.165, 1.54) is 19.3 Å². The molecule has 0 aromatic rings. The van der Waals surface area contributed by atoms with Crippen molar-refractivity contribution in [1.82, 2.24) is 0 Å². The highest BCUT2D eigenvalue weighted by atomic mass is 14.5. The van der Waals surface area contributed by atoms with Gasteiger partial charge in [-0.25, -0.2) is 0 Å². The fraction of sp³-hybridized carbons (Fsp3) is 1.00. The summed E-state index contributed by atoms with van der Waals surface area (Å²) in [6.07, 6.45) is 7.61. The first-order valence-corrected chi connectivity index (χ1v) is 5.29. The predicted molar refractivity (Wildman–Crippen MR) is 48.4 cm³/mol. The Hall–Kier alpha value is 0. The molecular weight excluding hydrogens is 132 g/mol. The molecule has 2 atom stereocenters. The molecule has 0 saturated heterocycles. The van der Waals surface area contributed by atoms with Gasteiger partial charge in [0.25, 0.3) is 0 Å². The Balaban J connectivity index is 1.92. The van der Waals surface area contributed by atoms with E-state index in [4.69, 9.17) is 0 Å². The third-order valence-electron chi connectivity index (χ3n) is 4.00. The second-order valence-electron chi connectivity index (χ2n) is 4.81. The zero-order valence-electron chi connectivity index (χ0n) is 7.84. The molecule has 0 nitrogen and oxygen atoms in total. The van der Waals surface area contributed by atoms with E-state index < -0.39 is 0 Å². The fourth-order valence-electron chi connectivity index (χ4n) is 3.54. The van der Waals surface area contributed by atoms with Crippen LogP contribution in [0.5, 0.6) is 0 Å². The Kier molecular flexibility index (Phi) is 1.95. The van der Waals surface area contributed by atoms with Gasteiger partial charge in [0.15, 0.2) is 0 Å². The molecule has 2 rings (SSSR count). The first kappa shape index (κ1) is 7.64. The summed E-state index contributed by atoms with van der Waals surface area (Å²) in [4.78, 5) is 0. The molecule has 0 heterocycles. The van der Waals surface area contributed by atoms with Crippen molar-refractivity contribution in [3.8, 4) is 0 Å². The number of hydrogen-bond acceptors (Lipinski definition) is 0. The van der Waals surface area contributed by atoms with E-state index in [1.54, 1.807) is 12.8 Å². The maximum absolute atomic E-state index is 2.45. The van der Waals surface area contributed by atoms with Gasteiger partial charge in [0.05, 0.1) is 0 Å². The van der Waals surface area contributed by atoms with Crippen molar-refractivity contribution < 1.29 is 0 Å². The van der Waals surface area contributed by atoms with Crippen molar-refractivity contribution in [1.29, 1.82) is 0 Å².